The molecule has 7 nitrogen and oxygen atoms in total. The third-order valence-electron chi connectivity index (χ3n) is 5.02. The first-order valence-electron chi connectivity index (χ1n) is 10.6. The number of nitrogens with one attached hydrogen (secondary N) is 1. The van der Waals surface area contributed by atoms with E-state index in [1.807, 2.05) is 77.9 Å². The lowest BCUT2D eigenvalue weighted by atomic mass is 10.2. The third-order valence-corrected chi connectivity index (χ3v) is 5.02. The van der Waals surface area contributed by atoms with Crippen LogP contribution in [0.25, 0.3) is 11.0 Å². The number of fused-ring (bicyclic) bond motifs is 1. The molecule has 3 rings (SSSR count). The molecular weight excluding hydrogens is 392 g/mol. The van der Waals surface area contributed by atoms with E-state index in [0.29, 0.717) is 13.0 Å². The third kappa shape index (κ3) is 5.70. The number of hydrogen-bond donors (Lipinski definition) is 1. The van der Waals surface area contributed by atoms with Gasteiger partial charge in [0.05, 0.1) is 11.0 Å². The summed E-state index contributed by atoms with van der Waals surface area (Å²) in [6.45, 7) is 4.82. The predicted molar refractivity (Wildman–Crippen MR) is 122 cm³/mol. The van der Waals surface area contributed by atoms with Crippen LogP contribution in [-0.4, -0.2) is 47.7 Å². The second-order valence-corrected chi connectivity index (χ2v) is 7.68. The number of para-hydroxylation sites is 3. The monoisotopic (exact) mass is 422 g/mol. The number of anilines is 1. The van der Waals surface area contributed by atoms with Crippen molar-refractivity contribution in [2.75, 3.05) is 25.2 Å². The van der Waals surface area contributed by atoms with Crippen LogP contribution in [-0.2, 0) is 27.3 Å². The van der Waals surface area contributed by atoms with Crippen molar-refractivity contribution in [1.82, 2.24) is 14.9 Å². The minimum Gasteiger partial charge on any atom is -0.375 e. The number of carbonyl (C=O) groups excluding carboxylic acids is 2. The summed E-state index contributed by atoms with van der Waals surface area (Å²) in [4.78, 5) is 31.5. The zero-order chi connectivity index (χ0) is 22.2. The molecule has 1 N–H and O–H groups in total. The molecule has 0 atom stereocenters. The summed E-state index contributed by atoms with van der Waals surface area (Å²) < 4.78 is 6.82. The summed E-state index contributed by atoms with van der Waals surface area (Å²) in [6, 6.07) is 17.6. The van der Waals surface area contributed by atoms with Crippen LogP contribution in [0.1, 0.15) is 26.1 Å². The van der Waals surface area contributed by atoms with Crippen LogP contribution in [0.15, 0.2) is 54.6 Å². The average molecular weight is 423 g/mol. The molecule has 0 fully saturated rings. The molecule has 0 aliphatic carbocycles. The molecule has 0 spiro atoms. The highest BCUT2D eigenvalue weighted by Crippen LogP contribution is 2.21. The molecule has 0 aliphatic rings. The fourth-order valence-electron chi connectivity index (χ4n) is 3.68. The highest BCUT2D eigenvalue weighted by molar-refractivity contribution is 5.94. The Morgan fingerprint density at radius 1 is 1.10 bits per heavy atom. The zero-order valence-corrected chi connectivity index (χ0v) is 18.4. The van der Waals surface area contributed by atoms with Crippen molar-refractivity contribution < 1.29 is 14.3 Å². The van der Waals surface area contributed by atoms with Crippen molar-refractivity contribution in [3.63, 3.8) is 0 Å². The van der Waals surface area contributed by atoms with Crippen molar-refractivity contribution in [3.8, 4) is 0 Å². The van der Waals surface area contributed by atoms with Crippen LogP contribution >= 0.6 is 0 Å². The second-order valence-electron chi connectivity index (χ2n) is 7.68. The molecule has 2 amide bonds. The molecule has 0 unspecified atom stereocenters. The number of methoxy groups -OCH3 is 1. The molecule has 1 aromatic heterocycles. The molecule has 2 aromatic carbocycles. The standard InChI is InChI=1S/C24H30N4O3/c1-18(2)28(19-10-5-4-6-11-19)24(30)16-27-21-13-8-7-12-20(21)26-22(27)14-9-15-25-23(29)17-31-3/h4-8,10-13,18H,9,14-17H2,1-3H3,(H,25,29). The summed E-state index contributed by atoms with van der Waals surface area (Å²) in [6.07, 6.45) is 1.38. The molecule has 3 aromatic rings. The summed E-state index contributed by atoms with van der Waals surface area (Å²) >= 11 is 0. The van der Waals surface area contributed by atoms with Crippen LogP contribution in [0.3, 0.4) is 0 Å². The van der Waals surface area contributed by atoms with Gasteiger partial charge in [0, 0.05) is 31.8 Å². The van der Waals surface area contributed by atoms with Crippen LogP contribution in [0.2, 0.25) is 0 Å². The maximum atomic E-state index is 13.3. The largest absolute Gasteiger partial charge is 0.375 e. The molecule has 0 bridgehead atoms. The number of carbonyl (C=O) groups is 2. The highest BCUT2D eigenvalue weighted by Gasteiger charge is 2.21. The maximum absolute atomic E-state index is 13.3. The van der Waals surface area contributed by atoms with E-state index >= 15 is 0 Å². The summed E-state index contributed by atoms with van der Waals surface area (Å²) in [5.74, 6) is 0.716. The second kappa shape index (κ2) is 10.7. The summed E-state index contributed by atoms with van der Waals surface area (Å²) in [5.41, 5.74) is 2.69. The SMILES string of the molecule is COCC(=O)NCCCc1nc2ccccc2n1CC(=O)N(c1ccccc1)C(C)C. The van der Waals surface area contributed by atoms with Crippen molar-refractivity contribution in [2.45, 2.75) is 39.3 Å². The average Bonchev–Trinajstić information content (AvgIpc) is 3.09. The first-order valence-corrected chi connectivity index (χ1v) is 10.6. The van der Waals surface area contributed by atoms with E-state index in [-0.39, 0.29) is 31.0 Å². The fraction of sp³-hybridized carbons (Fsp3) is 0.375. The smallest absolute Gasteiger partial charge is 0.247 e. The van der Waals surface area contributed by atoms with Gasteiger partial charge in [-0.05, 0) is 44.5 Å². The number of amides is 2. The number of aromatic nitrogens is 2. The number of hydrogen-bond acceptors (Lipinski definition) is 4. The van der Waals surface area contributed by atoms with E-state index in [2.05, 4.69) is 5.32 Å². The van der Waals surface area contributed by atoms with Gasteiger partial charge in [0.1, 0.15) is 19.0 Å². The quantitative estimate of drug-likeness (QED) is 0.509. The topological polar surface area (TPSA) is 76.5 Å². The van der Waals surface area contributed by atoms with Gasteiger partial charge >= 0.3 is 0 Å². The van der Waals surface area contributed by atoms with Gasteiger partial charge in [0.25, 0.3) is 0 Å². The van der Waals surface area contributed by atoms with Crippen molar-refractivity contribution in [2.24, 2.45) is 0 Å². The van der Waals surface area contributed by atoms with Gasteiger partial charge in [-0.1, -0.05) is 30.3 Å². The molecule has 0 saturated heterocycles. The van der Waals surface area contributed by atoms with Gasteiger partial charge in [-0.3, -0.25) is 9.59 Å². The van der Waals surface area contributed by atoms with E-state index in [4.69, 9.17) is 9.72 Å². The van der Waals surface area contributed by atoms with E-state index in [9.17, 15) is 9.59 Å². The normalized spacial score (nSPS) is 11.1. The van der Waals surface area contributed by atoms with E-state index in [0.717, 1.165) is 29.0 Å². The molecular formula is C24H30N4O3. The summed E-state index contributed by atoms with van der Waals surface area (Å²) in [7, 11) is 1.49. The molecule has 0 radical (unpaired) electrons. The molecule has 31 heavy (non-hydrogen) atoms. The predicted octanol–water partition coefficient (Wildman–Crippen LogP) is 3.17. The Kier molecular flexibility index (Phi) is 7.78. The molecule has 0 saturated carbocycles. The first kappa shape index (κ1) is 22.5. The number of aryl methyl sites for hydroxylation is 1. The van der Waals surface area contributed by atoms with Gasteiger partial charge in [-0.25, -0.2) is 4.98 Å². The van der Waals surface area contributed by atoms with Crippen LogP contribution in [0.5, 0.6) is 0 Å². The summed E-state index contributed by atoms with van der Waals surface area (Å²) in [5, 5.41) is 2.83. The van der Waals surface area contributed by atoms with Crippen molar-refractivity contribution in [1.29, 1.82) is 0 Å². The molecule has 1 heterocycles. The Hall–Kier alpha value is -3.19. The zero-order valence-electron chi connectivity index (χ0n) is 18.4. The number of nitrogens with zero attached hydrogens (tertiary/aromatic N) is 3. The fourth-order valence-corrected chi connectivity index (χ4v) is 3.68. The minimum atomic E-state index is -0.137. The Bertz CT molecular complexity index is 1010. The van der Waals surface area contributed by atoms with Gasteiger partial charge in [0.15, 0.2) is 0 Å². The molecule has 7 heteroatoms. The Morgan fingerprint density at radius 2 is 1.81 bits per heavy atom. The lowest BCUT2D eigenvalue weighted by molar-refractivity contribution is -0.124. The Balaban J connectivity index is 1.79. The first-order chi connectivity index (χ1) is 15.0. The molecule has 0 aliphatic heterocycles. The Morgan fingerprint density at radius 3 is 2.52 bits per heavy atom. The van der Waals surface area contributed by atoms with E-state index in [1.54, 1.807) is 0 Å². The number of rotatable bonds is 10. The van der Waals surface area contributed by atoms with Crippen molar-refractivity contribution >= 4 is 28.5 Å². The minimum absolute atomic E-state index is 0.0130. The van der Waals surface area contributed by atoms with E-state index in [1.165, 1.54) is 7.11 Å². The number of benzene rings is 2. The Labute approximate surface area is 183 Å². The van der Waals surface area contributed by atoms with Crippen LogP contribution < -0.4 is 10.2 Å². The van der Waals surface area contributed by atoms with Gasteiger partial charge in [-0.2, -0.15) is 0 Å². The van der Waals surface area contributed by atoms with Crippen LogP contribution in [0, 0.1) is 0 Å². The number of imidazole rings is 1. The van der Waals surface area contributed by atoms with Gasteiger partial charge < -0.3 is 19.5 Å². The van der Waals surface area contributed by atoms with E-state index < -0.39 is 0 Å². The van der Waals surface area contributed by atoms with Crippen molar-refractivity contribution in [3.05, 3.63) is 60.4 Å². The van der Waals surface area contributed by atoms with Crippen LogP contribution in [0.4, 0.5) is 5.69 Å². The molecule has 164 valence electrons. The lowest BCUT2D eigenvalue weighted by Crippen LogP contribution is -2.39. The maximum Gasteiger partial charge on any atom is 0.247 e. The number of ether oxygens (including phenoxy) is 1. The van der Waals surface area contributed by atoms with Gasteiger partial charge in [-0.15, -0.1) is 0 Å². The highest BCUT2D eigenvalue weighted by atomic mass is 16.5. The lowest BCUT2D eigenvalue weighted by Gasteiger charge is -2.27. The van der Waals surface area contributed by atoms with Gasteiger partial charge in [0.2, 0.25) is 11.8 Å².